The van der Waals surface area contributed by atoms with Crippen molar-refractivity contribution in [3.8, 4) is 0 Å². The molecular weight excluding hydrogens is 236 g/mol. The van der Waals surface area contributed by atoms with Crippen LogP contribution in [0.15, 0.2) is 0 Å². The summed E-state index contributed by atoms with van der Waals surface area (Å²) in [6.45, 7) is 6.15. The molecule has 1 N–H and O–H groups in total. The Kier molecular flexibility index (Phi) is 3.83. The number of hydrogen-bond donors (Lipinski definition) is 1. The first kappa shape index (κ1) is 12.6. The largest absolute Gasteiger partial charge is 0.380 e. The lowest BCUT2D eigenvalue weighted by molar-refractivity contribution is 0.0886. The van der Waals surface area contributed by atoms with E-state index in [9.17, 15) is 0 Å². The van der Waals surface area contributed by atoms with E-state index in [1.165, 1.54) is 0 Å². The molecule has 96 valence electrons. The summed E-state index contributed by atoms with van der Waals surface area (Å²) in [5.41, 5.74) is 0. The van der Waals surface area contributed by atoms with Crippen LogP contribution in [0.1, 0.15) is 32.7 Å². The SMILES string of the molecule is COC1CCCN(c2n[nH]c(=S)n2C(C)C)C1. The lowest BCUT2D eigenvalue weighted by atomic mass is 10.1. The molecule has 1 atom stereocenters. The highest BCUT2D eigenvalue weighted by Crippen LogP contribution is 2.22. The van der Waals surface area contributed by atoms with E-state index >= 15 is 0 Å². The molecule has 0 aliphatic carbocycles. The van der Waals surface area contributed by atoms with E-state index < -0.39 is 0 Å². The van der Waals surface area contributed by atoms with Crippen LogP contribution >= 0.6 is 12.2 Å². The lowest BCUT2D eigenvalue weighted by Gasteiger charge is -2.33. The van der Waals surface area contributed by atoms with Crippen LogP contribution < -0.4 is 4.90 Å². The Morgan fingerprint density at radius 1 is 1.53 bits per heavy atom. The Labute approximate surface area is 107 Å². The topological polar surface area (TPSA) is 46.1 Å². The summed E-state index contributed by atoms with van der Waals surface area (Å²) in [6, 6.07) is 0.319. The van der Waals surface area contributed by atoms with Gasteiger partial charge in [0, 0.05) is 26.2 Å². The summed E-state index contributed by atoms with van der Waals surface area (Å²) in [5, 5.41) is 7.23. The second kappa shape index (κ2) is 5.18. The molecule has 2 heterocycles. The third-order valence-corrected chi connectivity index (χ3v) is 3.48. The number of ether oxygens (including phenoxy) is 1. The summed E-state index contributed by atoms with van der Waals surface area (Å²) in [5.74, 6) is 0.937. The van der Waals surface area contributed by atoms with Gasteiger partial charge in [-0.15, -0.1) is 5.10 Å². The zero-order chi connectivity index (χ0) is 12.4. The number of anilines is 1. The average molecular weight is 256 g/mol. The molecule has 1 saturated heterocycles. The maximum absolute atomic E-state index is 5.44. The van der Waals surface area contributed by atoms with Crippen LogP contribution in [0, 0.1) is 4.77 Å². The van der Waals surface area contributed by atoms with Gasteiger partial charge in [-0.1, -0.05) is 0 Å². The Balaban J connectivity index is 2.24. The number of piperidine rings is 1. The quantitative estimate of drug-likeness (QED) is 0.842. The molecule has 1 aromatic rings. The summed E-state index contributed by atoms with van der Waals surface area (Å²) in [4.78, 5) is 2.25. The minimum atomic E-state index is 0.301. The minimum Gasteiger partial charge on any atom is -0.380 e. The Bertz CT molecular complexity index is 425. The number of aromatic nitrogens is 3. The molecule has 1 unspecified atom stereocenters. The molecule has 1 aromatic heterocycles. The fraction of sp³-hybridized carbons (Fsp3) is 0.818. The van der Waals surface area contributed by atoms with Crippen LogP contribution in [-0.4, -0.2) is 41.1 Å². The number of rotatable bonds is 3. The third-order valence-electron chi connectivity index (χ3n) is 3.20. The van der Waals surface area contributed by atoms with Gasteiger partial charge in [-0.05, 0) is 38.9 Å². The third kappa shape index (κ3) is 2.52. The van der Waals surface area contributed by atoms with E-state index in [0.717, 1.165) is 31.9 Å². The summed E-state index contributed by atoms with van der Waals surface area (Å²) < 4.78 is 8.19. The van der Waals surface area contributed by atoms with Gasteiger partial charge in [0.15, 0.2) is 4.77 Å². The van der Waals surface area contributed by atoms with Crippen molar-refractivity contribution in [2.45, 2.75) is 38.8 Å². The van der Waals surface area contributed by atoms with Gasteiger partial charge < -0.3 is 9.64 Å². The number of aromatic amines is 1. The van der Waals surface area contributed by atoms with Gasteiger partial charge in [0.05, 0.1) is 6.10 Å². The molecule has 0 spiro atoms. The van der Waals surface area contributed by atoms with Crippen molar-refractivity contribution >= 4 is 18.2 Å². The lowest BCUT2D eigenvalue weighted by Crippen LogP contribution is -2.40. The highest BCUT2D eigenvalue weighted by molar-refractivity contribution is 7.71. The first-order chi connectivity index (χ1) is 8.13. The van der Waals surface area contributed by atoms with Crippen molar-refractivity contribution < 1.29 is 4.74 Å². The van der Waals surface area contributed by atoms with E-state index in [2.05, 4.69) is 33.5 Å². The molecule has 1 fully saturated rings. The van der Waals surface area contributed by atoms with E-state index in [4.69, 9.17) is 17.0 Å². The molecule has 6 heteroatoms. The second-order valence-electron chi connectivity index (χ2n) is 4.74. The van der Waals surface area contributed by atoms with Gasteiger partial charge in [0.25, 0.3) is 0 Å². The number of nitrogens with one attached hydrogen (secondary N) is 1. The van der Waals surface area contributed by atoms with Crippen LogP contribution in [-0.2, 0) is 4.74 Å². The highest BCUT2D eigenvalue weighted by atomic mass is 32.1. The molecule has 1 aliphatic heterocycles. The van der Waals surface area contributed by atoms with Crippen LogP contribution in [0.4, 0.5) is 5.95 Å². The van der Waals surface area contributed by atoms with E-state index in [0.29, 0.717) is 16.9 Å². The van der Waals surface area contributed by atoms with Crippen LogP contribution in [0.25, 0.3) is 0 Å². The zero-order valence-electron chi connectivity index (χ0n) is 10.6. The first-order valence-electron chi connectivity index (χ1n) is 6.08. The van der Waals surface area contributed by atoms with Crippen molar-refractivity contribution in [2.75, 3.05) is 25.1 Å². The average Bonchev–Trinajstić information content (AvgIpc) is 2.71. The molecule has 0 amide bonds. The number of nitrogens with zero attached hydrogens (tertiary/aromatic N) is 3. The number of H-pyrrole nitrogens is 1. The van der Waals surface area contributed by atoms with Gasteiger partial charge >= 0.3 is 0 Å². The van der Waals surface area contributed by atoms with Crippen molar-refractivity contribution in [2.24, 2.45) is 0 Å². The predicted molar refractivity (Wildman–Crippen MR) is 70.0 cm³/mol. The Morgan fingerprint density at radius 2 is 2.29 bits per heavy atom. The van der Waals surface area contributed by atoms with Crippen LogP contribution in [0.2, 0.25) is 0 Å². The first-order valence-corrected chi connectivity index (χ1v) is 6.49. The van der Waals surface area contributed by atoms with Gasteiger partial charge in [-0.3, -0.25) is 4.57 Å². The second-order valence-corrected chi connectivity index (χ2v) is 5.13. The van der Waals surface area contributed by atoms with Crippen molar-refractivity contribution in [3.63, 3.8) is 0 Å². The molecule has 17 heavy (non-hydrogen) atoms. The monoisotopic (exact) mass is 256 g/mol. The smallest absolute Gasteiger partial charge is 0.226 e. The molecule has 0 aromatic carbocycles. The molecule has 5 nitrogen and oxygen atoms in total. The molecular formula is C11H20N4OS. The van der Waals surface area contributed by atoms with E-state index in [-0.39, 0.29) is 0 Å². The molecule has 0 bridgehead atoms. The maximum atomic E-state index is 5.44. The normalized spacial score (nSPS) is 21.2. The van der Waals surface area contributed by atoms with Crippen molar-refractivity contribution in [1.82, 2.24) is 14.8 Å². The molecule has 2 rings (SSSR count). The van der Waals surface area contributed by atoms with Gasteiger partial charge in [0.1, 0.15) is 0 Å². The summed E-state index contributed by atoms with van der Waals surface area (Å²) in [6.07, 6.45) is 2.56. The van der Waals surface area contributed by atoms with Crippen LogP contribution in [0.5, 0.6) is 0 Å². The standard InChI is InChI=1S/C11H20N4OS/c1-8(2)15-10(12-13-11(15)17)14-6-4-5-9(7-14)16-3/h8-9H,4-7H2,1-3H3,(H,13,17). The molecule has 0 radical (unpaired) electrons. The van der Waals surface area contributed by atoms with Crippen molar-refractivity contribution in [1.29, 1.82) is 0 Å². The number of hydrogen-bond acceptors (Lipinski definition) is 4. The summed E-state index contributed by atoms with van der Waals surface area (Å²) >= 11 is 5.26. The number of methoxy groups -OCH3 is 1. The highest BCUT2D eigenvalue weighted by Gasteiger charge is 2.24. The van der Waals surface area contributed by atoms with Gasteiger partial charge in [-0.2, -0.15) is 0 Å². The predicted octanol–water partition coefficient (Wildman–Crippen LogP) is 2.14. The van der Waals surface area contributed by atoms with E-state index in [1.807, 2.05) is 0 Å². The van der Waals surface area contributed by atoms with Crippen molar-refractivity contribution in [3.05, 3.63) is 4.77 Å². The minimum absolute atomic E-state index is 0.301. The van der Waals surface area contributed by atoms with Gasteiger partial charge in [0.2, 0.25) is 5.95 Å². The Morgan fingerprint density at radius 3 is 2.94 bits per heavy atom. The maximum Gasteiger partial charge on any atom is 0.226 e. The van der Waals surface area contributed by atoms with Gasteiger partial charge in [-0.25, -0.2) is 5.10 Å². The molecule has 1 aliphatic rings. The fourth-order valence-corrected chi connectivity index (χ4v) is 2.64. The zero-order valence-corrected chi connectivity index (χ0v) is 11.5. The van der Waals surface area contributed by atoms with E-state index in [1.54, 1.807) is 7.11 Å². The Hall–Kier alpha value is -0.880. The fourth-order valence-electron chi connectivity index (χ4n) is 2.30. The molecule has 0 saturated carbocycles. The van der Waals surface area contributed by atoms with Crippen LogP contribution in [0.3, 0.4) is 0 Å². The summed E-state index contributed by atoms with van der Waals surface area (Å²) in [7, 11) is 1.77.